The average molecular weight is 363 g/mol. The van der Waals surface area contributed by atoms with Crippen molar-refractivity contribution in [2.75, 3.05) is 13.1 Å². The van der Waals surface area contributed by atoms with Crippen LogP contribution in [-0.2, 0) is 14.8 Å². The Morgan fingerprint density at radius 3 is 2.60 bits per heavy atom. The van der Waals surface area contributed by atoms with E-state index in [4.69, 9.17) is 10.4 Å². The van der Waals surface area contributed by atoms with Crippen molar-refractivity contribution in [2.45, 2.75) is 42.7 Å². The summed E-state index contributed by atoms with van der Waals surface area (Å²) in [6.07, 6.45) is 3.47. The predicted molar refractivity (Wildman–Crippen MR) is 90.2 cm³/mol. The van der Waals surface area contributed by atoms with Crippen LogP contribution in [-0.4, -0.2) is 49.6 Å². The van der Waals surface area contributed by atoms with E-state index in [1.165, 1.54) is 12.1 Å². The van der Waals surface area contributed by atoms with Crippen LogP contribution in [0.1, 0.15) is 31.2 Å². The lowest BCUT2D eigenvalue weighted by Gasteiger charge is -2.42. The molecule has 0 spiro atoms. The summed E-state index contributed by atoms with van der Waals surface area (Å²) < 4.78 is 27.6. The third-order valence-electron chi connectivity index (χ3n) is 4.78. The number of hydrogen-bond donors (Lipinski definition) is 2. The van der Waals surface area contributed by atoms with Gasteiger partial charge in [0.25, 0.3) is 0 Å². The molecule has 25 heavy (non-hydrogen) atoms. The molecule has 1 aromatic rings. The second-order valence-electron chi connectivity index (χ2n) is 6.82. The summed E-state index contributed by atoms with van der Waals surface area (Å²) in [6.45, 7) is 0.769. The molecule has 2 aliphatic carbocycles. The van der Waals surface area contributed by atoms with Gasteiger partial charge < -0.3 is 5.11 Å². The molecule has 3 rings (SSSR count). The van der Waals surface area contributed by atoms with Crippen molar-refractivity contribution in [2.24, 2.45) is 5.92 Å². The number of carbonyl (C=O) groups is 1. The average Bonchev–Trinajstić information content (AvgIpc) is 3.33. The fraction of sp³-hybridized carbons (Fsp3) is 0.529. The minimum atomic E-state index is -3.75. The van der Waals surface area contributed by atoms with Gasteiger partial charge in [-0.15, -0.1) is 0 Å². The SMILES string of the molecule is N#Cc1ccccc1S(=O)(=O)NC1CC(N(CC(=O)O)CC2CC2)C1. The molecular weight excluding hydrogens is 342 g/mol. The molecule has 2 saturated carbocycles. The van der Waals surface area contributed by atoms with Crippen LogP contribution in [0.4, 0.5) is 0 Å². The van der Waals surface area contributed by atoms with Gasteiger partial charge >= 0.3 is 5.97 Å². The van der Waals surface area contributed by atoms with E-state index in [0.29, 0.717) is 18.8 Å². The van der Waals surface area contributed by atoms with Crippen LogP contribution in [0.2, 0.25) is 0 Å². The van der Waals surface area contributed by atoms with Crippen LogP contribution in [0.25, 0.3) is 0 Å². The third kappa shape index (κ3) is 4.37. The lowest BCUT2D eigenvalue weighted by molar-refractivity contribution is -0.139. The zero-order valence-corrected chi connectivity index (χ0v) is 14.6. The smallest absolute Gasteiger partial charge is 0.317 e. The molecule has 8 heteroatoms. The lowest BCUT2D eigenvalue weighted by Crippen LogP contribution is -2.55. The first-order valence-corrected chi connectivity index (χ1v) is 9.84. The Morgan fingerprint density at radius 2 is 2.00 bits per heavy atom. The zero-order valence-electron chi connectivity index (χ0n) is 13.8. The van der Waals surface area contributed by atoms with E-state index < -0.39 is 16.0 Å². The van der Waals surface area contributed by atoms with Crippen molar-refractivity contribution in [3.05, 3.63) is 29.8 Å². The standard InChI is InChI=1S/C17H21N3O4S/c18-9-13-3-1-2-4-16(13)25(23,24)19-14-7-15(8-14)20(11-17(21)22)10-12-5-6-12/h1-4,12,14-15,19H,5-8,10-11H2,(H,21,22). The van der Waals surface area contributed by atoms with Gasteiger partial charge in [-0.2, -0.15) is 5.26 Å². The molecule has 134 valence electrons. The minimum absolute atomic E-state index is 0.00208. The molecular formula is C17H21N3O4S. The number of nitrogens with one attached hydrogen (secondary N) is 1. The summed E-state index contributed by atoms with van der Waals surface area (Å²) >= 11 is 0. The van der Waals surface area contributed by atoms with Crippen molar-refractivity contribution in [3.63, 3.8) is 0 Å². The topological polar surface area (TPSA) is 110 Å². The summed E-state index contributed by atoms with van der Waals surface area (Å²) in [5, 5.41) is 18.1. The second kappa shape index (κ2) is 7.12. The Bertz CT molecular complexity index is 792. The molecule has 2 N–H and O–H groups in total. The fourth-order valence-electron chi connectivity index (χ4n) is 3.21. The van der Waals surface area contributed by atoms with Crippen molar-refractivity contribution < 1.29 is 18.3 Å². The molecule has 0 saturated heterocycles. The van der Waals surface area contributed by atoms with Gasteiger partial charge in [0, 0.05) is 18.6 Å². The van der Waals surface area contributed by atoms with Gasteiger partial charge in [-0.05, 0) is 43.7 Å². The number of aliphatic carboxylic acids is 1. The first kappa shape index (κ1) is 17.9. The van der Waals surface area contributed by atoms with E-state index in [2.05, 4.69) is 4.72 Å². The summed E-state index contributed by atoms with van der Waals surface area (Å²) in [6, 6.07) is 7.87. The summed E-state index contributed by atoms with van der Waals surface area (Å²) in [7, 11) is -3.75. The Hall–Kier alpha value is -1.95. The first-order valence-electron chi connectivity index (χ1n) is 8.36. The third-order valence-corrected chi connectivity index (χ3v) is 6.36. The first-order chi connectivity index (χ1) is 11.9. The summed E-state index contributed by atoms with van der Waals surface area (Å²) in [5.41, 5.74) is 0.118. The van der Waals surface area contributed by atoms with Gasteiger partial charge in [0.1, 0.15) is 6.07 Å². The molecule has 7 nitrogen and oxygen atoms in total. The molecule has 0 bridgehead atoms. The van der Waals surface area contributed by atoms with Crippen LogP contribution in [0.5, 0.6) is 0 Å². The van der Waals surface area contributed by atoms with Crippen molar-refractivity contribution in [1.82, 2.24) is 9.62 Å². The molecule has 2 aliphatic rings. The molecule has 0 heterocycles. The zero-order chi connectivity index (χ0) is 18.0. The van der Waals surface area contributed by atoms with Crippen LogP contribution in [0.15, 0.2) is 29.2 Å². The van der Waals surface area contributed by atoms with Crippen molar-refractivity contribution in [1.29, 1.82) is 5.26 Å². The van der Waals surface area contributed by atoms with E-state index in [9.17, 15) is 13.2 Å². The monoisotopic (exact) mass is 363 g/mol. The van der Waals surface area contributed by atoms with Gasteiger partial charge in [0.05, 0.1) is 17.0 Å². The number of carboxylic acid groups (broad SMARTS) is 1. The molecule has 2 fully saturated rings. The van der Waals surface area contributed by atoms with Crippen molar-refractivity contribution >= 4 is 16.0 Å². The van der Waals surface area contributed by atoms with Crippen LogP contribution in [0, 0.1) is 17.2 Å². The van der Waals surface area contributed by atoms with E-state index in [0.717, 1.165) is 19.4 Å². The summed E-state index contributed by atoms with van der Waals surface area (Å²) in [5.74, 6) is -0.273. The Morgan fingerprint density at radius 1 is 1.32 bits per heavy atom. The number of carboxylic acids is 1. The highest BCUT2D eigenvalue weighted by molar-refractivity contribution is 7.89. The fourth-order valence-corrected chi connectivity index (χ4v) is 4.63. The maximum Gasteiger partial charge on any atom is 0.317 e. The van der Waals surface area contributed by atoms with Gasteiger partial charge in [-0.1, -0.05) is 12.1 Å². The molecule has 0 amide bonds. The molecule has 0 aliphatic heterocycles. The number of benzene rings is 1. The van der Waals surface area contributed by atoms with Crippen LogP contribution in [0.3, 0.4) is 0 Å². The summed E-state index contributed by atoms with van der Waals surface area (Å²) in [4.78, 5) is 13.0. The predicted octanol–water partition coefficient (Wildman–Crippen LogP) is 1.16. The molecule has 0 aromatic heterocycles. The number of sulfonamides is 1. The minimum Gasteiger partial charge on any atom is -0.480 e. The van der Waals surface area contributed by atoms with E-state index >= 15 is 0 Å². The van der Waals surface area contributed by atoms with Gasteiger partial charge in [0.2, 0.25) is 10.0 Å². The number of nitriles is 1. The normalized spacial score (nSPS) is 23.0. The van der Waals surface area contributed by atoms with Gasteiger partial charge in [-0.25, -0.2) is 13.1 Å². The van der Waals surface area contributed by atoms with Crippen molar-refractivity contribution in [3.8, 4) is 6.07 Å². The van der Waals surface area contributed by atoms with E-state index in [-0.39, 0.29) is 29.1 Å². The quantitative estimate of drug-likeness (QED) is 0.717. The highest BCUT2D eigenvalue weighted by atomic mass is 32.2. The molecule has 0 atom stereocenters. The number of hydrogen-bond acceptors (Lipinski definition) is 5. The Labute approximate surface area is 147 Å². The maximum absolute atomic E-state index is 12.5. The highest BCUT2D eigenvalue weighted by Crippen LogP contribution is 2.34. The number of rotatable bonds is 8. The van der Waals surface area contributed by atoms with Crippen LogP contribution < -0.4 is 4.72 Å². The Balaban J connectivity index is 1.60. The maximum atomic E-state index is 12.5. The molecule has 0 radical (unpaired) electrons. The largest absolute Gasteiger partial charge is 0.480 e. The van der Waals surface area contributed by atoms with E-state index in [1.54, 1.807) is 12.1 Å². The van der Waals surface area contributed by atoms with E-state index in [1.807, 2.05) is 11.0 Å². The second-order valence-corrected chi connectivity index (χ2v) is 8.50. The lowest BCUT2D eigenvalue weighted by atomic mass is 9.86. The van der Waals surface area contributed by atoms with Crippen LogP contribution >= 0.6 is 0 Å². The molecule has 0 unspecified atom stereocenters. The molecule has 1 aromatic carbocycles. The van der Waals surface area contributed by atoms with Gasteiger partial charge in [-0.3, -0.25) is 9.69 Å². The van der Waals surface area contributed by atoms with Gasteiger partial charge in [0.15, 0.2) is 0 Å². The number of nitrogens with zero attached hydrogens (tertiary/aromatic N) is 2. The highest BCUT2D eigenvalue weighted by Gasteiger charge is 2.39. The Kier molecular flexibility index (Phi) is 5.08.